The second kappa shape index (κ2) is 10.7. The summed E-state index contributed by atoms with van der Waals surface area (Å²) in [6.45, 7) is 9.13. The molecule has 1 aliphatic carbocycles. The van der Waals surface area contributed by atoms with Crippen molar-refractivity contribution in [2.24, 2.45) is 11.8 Å². The molecule has 1 aliphatic rings. The van der Waals surface area contributed by atoms with E-state index < -0.39 is 5.97 Å². The average Bonchev–Trinajstić information content (AvgIpc) is 3.21. The third-order valence-electron chi connectivity index (χ3n) is 6.11. The maximum Gasteiger partial charge on any atom is 0.348 e. The zero-order valence-electron chi connectivity index (χ0n) is 20.2. The van der Waals surface area contributed by atoms with Gasteiger partial charge in [0.25, 0.3) is 0 Å². The Labute approximate surface area is 200 Å². The van der Waals surface area contributed by atoms with Crippen molar-refractivity contribution < 1.29 is 19.4 Å². The molecular formula is C25H35N3O4S. The zero-order valence-corrected chi connectivity index (χ0v) is 21.0. The van der Waals surface area contributed by atoms with E-state index in [0.717, 1.165) is 30.6 Å². The second-order valence-corrected chi connectivity index (χ2v) is 11.0. The van der Waals surface area contributed by atoms with Crippen molar-refractivity contribution in [1.82, 2.24) is 9.99 Å². The summed E-state index contributed by atoms with van der Waals surface area (Å²) in [7, 11) is 1.82. The number of pyridine rings is 1. The molecular weight excluding hydrogens is 438 g/mol. The fraction of sp³-hybridized carbons (Fsp3) is 0.560. The molecule has 7 nitrogen and oxygen atoms in total. The number of carboxylic acids is 1. The maximum atomic E-state index is 13.8. The lowest BCUT2D eigenvalue weighted by atomic mass is 9.82. The van der Waals surface area contributed by atoms with E-state index in [9.17, 15) is 14.7 Å². The lowest BCUT2D eigenvalue weighted by molar-refractivity contribution is -0.126. The number of nitrogens with zero attached hydrogens (tertiary/aromatic N) is 3. The first kappa shape index (κ1) is 25.2. The van der Waals surface area contributed by atoms with Gasteiger partial charge < -0.3 is 9.84 Å². The molecule has 1 amide bonds. The number of ether oxygens (including phenoxy) is 1. The van der Waals surface area contributed by atoms with E-state index >= 15 is 0 Å². The monoisotopic (exact) mass is 473 g/mol. The van der Waals surface area contributed by atoms with Crippen LogP contribution in [0.2, 0.25) is 0 Å². The van der Waals surface area contributed by atoms with Crippen LogP contribution in [-0.2, 0) is 10.2 Å². The predicted molar refractivity (Wildman–Crippen MR) is 131 cm³/mol. The first-order valence-electron chi connectivity index (χ1n) is 11.5. The summed E-state index contributed by atoms with van der Waals surface area (Å²) in [6.07, 6.45) is 7.01. The smallest absolute Gasteiger partial charge is 0.348 e. The van der Waals surface area contributed by atoms with Gasteiger partial charge in [-0.3, -0.25) is 9.78 Å². The summed E-state index contributed by atoms with van der Waals surface area (Å²) in [5, 5.41) is 13.3. The number of rotatable bonds is 8. The molecule has 1 N–H and O–H groups in total. The van der Waals surface area contributed by atoms with Crippen LogP contribution >= 0.6 is 11.3 Å². The van der Waals surface area contributed by atoms with E-state index in [1.165, 1.54) is 11.3 Å². The largest absolute Gasteiger partial charge is 0.491 e. The number of hydrazine groups is 1. The van der Waals surface area contributed by atoms with E-state index in [1.54, 1.807) is 28.5 Å². The molecule has 0 atom stereocenters. The van der Waals surface area contributed by atoms with Gasteiger partial charge in [0, 0.05) is 24.0 Å². The van der Waals surface area contributed by atoms with Crippen LogP contribution < -0.4 is 9.75 Å². The Morgan fingerprint density at radius 3 is 2.52 bits per heavy atom. The van der Waals surface area contributed by atoms with Gasteiger partial charge in [-0.2, -0.15) is 0 Å². The molecule has 0 bridgehead atoms. The van der Waals surface area contributed by atoms with Crippen LogP contribution in [-0.4, -0.2) is 47.2 Å². The minimum atomic E-state index is -1.01. The number of carboxylic acid groups (broad SMARTS) is 1. The first-order chi connectivity index (χ1) is 15.6. The maximum absolute atomic E-state index is 13.8. The molecule has 0 aliphatic heterocycles. The Bertz CT molecular complexity index is 946. The molecule has 0 saturated heterocycles. The van der Waals surface area contributed by atoms with Gasteiger partial charge >= 0.3 is 5.97 Å². The summed E-state index contributed by atoms with van der Waals surface area (Å²) in [6, 6.07) is 5.50. The molecule has 2 heterocycles. The van der Waals surface area contributed by atoms with Gasteiger partial charge in [-0.05, 0) is 55.2 Å². The Hall–Kier alpha value is -2.45. The zero-order chi connectivity index (χ0) is 24.2. The first-order valence-corrected chi connectivity index (χ1v) is 12.3. The Morgan fingerprint density at radius 2 is 1.94 bits per heavy atom. The van der Waals surface area contributed by atoms with E-state index in [2.05, 4.69) is 11.9 Å². The SMILES string of the molecule is CC1CCC(C(=O)N(c2cc(C(C)(C)C)sc2C(=O)O)N(C)CCOc2cccnc2)CC1. The van der Waals surface area contributed by atoms with Crippen LogP contribution in [0.1, 0.15) is 67.9 Å². The van der Waals surface area contributed by atoms with Gasteiger partial charge in [0.15, 0.2) is 0 Å². The van der Waals surface area contributed by atoms with E-state index in [4.69, 9.17) is 4.74 Å². The molecule has 2 aromatic rings. The Kier molecular flexibility index (Phi) is 8.13. The van der Waals surface area contributed by atoms with Crippen LogP contribution in [0, 0.1) is 11.8 Å². The number of likely N-dealkylation sites (N-methyl/N-ethyl adjacent to an activating group) is 1. The van der Waals surface area contributed by atoms with E-state index in [1.807, 2.05) is 40.0 Å². The lowest BCUT2D eigenvalue weighted by Gasteiger charge is -2.36. The van der Waals surface area contributed by atoms with Gasteiger partial charge in [0.2, 0.25) is 5.91 Å². The third-order valence-corrected chi connectivity index (χ3v) is 7.65. The molecule has 2 aromatic heterocycles. The summed E-state index contributed by atoms with van der Waals surface area (Å²) >= 11 is 1.25. The summed E-state index contributed by atoms with van der Waals surface area (Å²) in [4.78, 5) is 31.1. The minimum Gasteiger partial charge on any atom is -0.491 e. The standard InChI is InChI=1S/C25H35N3O4S/c1-17-8-10-18(11-9-17)23(29)28(27(5)13-14-32-19-7-6-12-26-16-19)20-15-21(25(2,3)4)33-22(20)24(30)31/h6-7,12,15-18H,8-11,13-14H2,1-5H3,(H,30,31). The molecule has 1 saturated carbocycles. The molecule has 180 valence electrons. The van der Waals surface area contributed by atoms with Crippen LogP contribution in [0.4, 0.5) is 5.69 Å². The van der Waals surface area contributed by atoms with Crippen LogP contribution in [0.5, 0.6) is 5.75 Å². The highest BCUT2D eigenvalue weighted by Gasteiger charge is 2.35. The average molecular weight is 474 g/mol. The van der Waals surface area contributed by atoms with Gasteiger partial charge in [-0.1, -0.05) is 27.7 Å². The van der Waals surface area contributed by atoms with E-state index in [0.29, 0.717) is 30.5 Å². The van der Waals surface area contributed by atoms with Crippen molar-refractivity contribution in [3.05, 3.63) is 40.3 Å². The number of thiophene rings is 1. The van der Waals surface area contributed by atoms with E-state index in [-0.39, 0.29) is 22.1 Å². The van der Waals surface area contributed by atoms with Crippen molar-refractivity contribution >= 4 is 28.9 Å². The minimum absolute atomic E-state index is 0.0356. The fourth-order valence-corrected chi connectivity index (χ4v) is 5.07. The molecule has 33 heavy (non-hydrogen) atoms. The number of amides is 1. The molecule has 0 radical (unpaired) electrons. The normalized spacial score (nSPS) is 18.8. The summed E-state index contributed by atoms with van der Waals surface area (Å²) < 4.78 is 5.78. The topological polar surface area (TPSA) is 83.0 Å². The number of hydrogen-bond donors (Lipinski definition) is 1. The highest BCUT2D eigenvalue weighted by molar-refractivity contribution is 7.14. The van der Waals surface area contributed by atoms with Crippen molar-refractivity contribution in [2.45, 2.75) is 58.8 Å². The Morgan fingerprint density at radius 1 is 1.24 bits per heavy atom. The van der Waals surface area contributed by atoms with Crippen molar-refractivity contribution in [3.63, 3.8) is 0 Å². The number of anilines is 1. The second-order valence-electron chi connectivity index (χ2n) is 9.91. The highest BCUT2D eigenvalue weighted by atomic mass is 32.1. The van der Waals surface area contributed by atoms with Crippen LogP contribution in [0.3, 0.4) is 0 Å². The number of carbonyl (C=O) groups excluding carboxylic acids is 1. The summed E-state index contributed by atoms with van der Waals surface area (Å²) in [5.41, 5.74) is 0.231. The molecule has 8 heteroatoms. The van der Waals surface area contributed by atoms with Gasteiger partial charge in [0.05, 0.1) is 18.4 Å². The summed E-state index contributed by atoms with van der Waals surface area (Å²) in [5.74, 6) is 0.118. The molecule has 3 rings (SSSR count). The van der Waals surface area contributed by atoms with Crippen molar-refractivity contribution in [1.29, 1.82) is 0 Å². The number of hydrogen-bond acceptors (Lipinski definition) is 6. The predicted octanol–water partition coefficient (Wildman–Crippen LogP) is 5.22. The van der Waals surface area contributed by atoms with Gasteiger partial charge in [0.1, 0.15) is 17.2 Å². The van der Waals surface area contributed by atoms with Crippen LogP contribution in [0.25, 0.3) is 0 Å². The van der Waals surface area contributed by atoms with Crippen molar-refractivity contribution in [3.8, 4) is 5.75 Å². The lowest BCUT2D eigenvalue weighted by Crippen LogP contribution is -2.49. The highest BCUT2D eigenvalue weighted by Crippen LogP contribution is 2.39. The molecule has 0 aromatic carbocycles. The fourth-order valence-electron chi connectivity index (χ4n) is 4.04. The van der Waals surface area contributed by atoms with Crippen LogP contribution in [0.15, 0.2) is 30.6 Å². The number of aromatic nitrogens is 1. The number of aromatic carboxylic acids is 1. The van der Waals surface area contributed by atoms with Gasteiger partial charge in [-0.25, -0.2) is 14.8 Å². The quantitative estimate of drug-likeness (QED) is 0.529. The number of carbonyl (C=O) groups is 2. The Balaban J connectivity index is 1.89. The molecule has 0 unspecified atom stereocenters. The van der Waals surface area contributed by atoms with Gasteiger partial charge in [-0.15, -0.1) is 11.3 Å². The van der Waals surface area contributed by atoms with Crippen molar-refractivity contribution in [2.75, 3.05) is 25.2 Å². The molecule has 0 spiro atoms. The third kappa shape index (κ3) is 6.32. The molecule has 1 fully saturated rings.